The van der Waals surface area contributed by atoms with Crippen LogP contribution in [0.4, 0.5) is 0 Å². The number of amides is 1. The van der Waals surface area contributed by atoms with E-state index in [4.69, 9.17) is 4.74 Å². The van der Waals surface area contributed by atoms with Crippen LogP contribution in [0.2, 0.25) is 0 Å². The van der Waals surface area contributed by atoms with Crippen molar-refractivity contribution >= 4 is 11.9 Å². The Morgan fingerprint density at radius 1 is 1.17 bits per heavy atom. The highest BCUT2D eigenvalue weighted by Gasteiger charge is 2.33. The summed E-state index contributed by atoms with van der Waals surface area (Å²) in [6.07, 6.45) is 6.24. The second-order valence-electron chi connectivity index (χ2n) is 6.95. The number of guanidine groups is 1. The lowest BCUT2D eigenvalue weighted by atomic mass is 9.83. The molecule has 1 fully saturated rings. The lowest BCUT2D eigenvalue weighted by molar-refractivity contribution is -0.123. The van der Waals surface area contributed by atoms with Crippen LogP contribution in [0.3, 0.4) is 0 Å². The normalized spacial score (nSPS) is 17.1. The van der Waals surface area contributed by atoms with Crippen molar-refractivity contribution in [3.05, 3.63) is 0 Å². The molecule has 0 bridgehead atoms. The maximum atomic E-state index is 11.5. The number of nitrogens with zero attached hydrogens (tertiary/aromatic N) is 1. The highest BCUT2D eigenvalue weighted by molar-refractivity contribution is 5.80. The molecule has 24 heavy (non-hydrogen) atoms. The molecule has 1 amide bonds. The summed E-state index contributed by atoms with van der Waals surface area (Å²) < 4.78 is 5.56. The fourth-order valence-corrected chi connectivity index (χ4v) is 3.14. The van der Waals surface area contributed by atoms with Crippen molar-refractivity contribution in [2.75, 3.05) is 39.9 Å². The van der Waals surface area contributed by atoms with Crippen molar-refractivity contribution in [2.45, 2.75) is 52.9 Å². The maximum absolute atomic E-state index is 11.5. The quantitative estimate of drug-likeness (QED) is 0.323. The Kier molecular flexibility index (Phi) is 9.76. The van der Waals surface area contributed by atoms with E-state index in [9.17, 15) is 4.79 Å². The van der Waals surface area contributed by atoms with Gasteiger partial charge in [0.15, 0.2) is 5.96 Å². The molecule has 0 saturated heterocycles. The first-order valence-corrected chi connectivity index (χ1v) is 9.33. The number of rotatable bonds is 10. The van der Waals surface area contributed by atoms with Crippen LogP contribution >= 0.6 is 0 Å². The minimum atomic E-state index is 0.0232. The highest BCUT2D eigenvalue weighted by Crippen LogP contribution is 2.40. The number of nitrogens with one attached hydrogen (secondary N) is 3. The molecule has 0 aliphatic heterocycles. The zero-order chi connectivity index (χ0) is 17.8. The van der Waals surface area contributed by atoms with E-state index in [0.29, 0.717) is 18.5 Å². The summed E-state index contributed by atoms with van der Waals surface area (Å²) in [6, 6.07) is 0. The molecular weight excluding hydrogens is 304 g/mol. The summed E-state index contributed by atoms with van der Waals surface area (Å²) >= 11 is 0. The van der Waals surface area contributed by atoms with E-state index in [-0.39, 0.29) is 11.8 Å². The number of hydrogen-bond acceptors (Lipinski definition) is 3. The van der Waals surface area contributed by atoms with Crippen molar-refractivity contribution in [3.8, 4) is 0 Å². The van der Waals surface area contributed by atoms with Gasteiger partial charge >= 0.3 is 0 Å². The van der Waals surface area contributed by atoms with Gasteiger partial charge in [-0.1, -0.05) is 26.7 Å². The molecule has 0 atom stereocenters. The molecule has 0 aromatic rings. The van der Waals surface area contributed by atoms with E-state index < -0.39 is 0 Å². The largest absolute Gasteiger partial charge is 0.382 e. The van der Waals surface area contributed by atoms with Crippen molar-refractivity contribution in [1.82, 2.24) is 16.0 Å². The number of carbonyl (C=O) groups excluding carboxylic acids is 1. The Labute approximate surface area is 147 Å². The van der Waals surface area contributed by atoms with E-state index in [1.807, 2.05) is 20.8 Å². The van der Waals surface area contributed by atoms with Crippen molar-refractivity contribution in [1.29, 1.82) is 0 Å². The standard InChI is InChI=1S/C18H36N4O2/c1-5-24-13-10-18(8-6-7-9-18)14-22-17(19-4)21-12-11-20-16(23)15(2)3/h15H,5-14H2,1-4H3,(H,20,23)(H2,19,21,22). The molecule has 1 saturated carbocycles. The molecule has 6 nitrogen and oxygen atoms in total. The number of aliphatic imine (C=N–C) groups is 1. The average Bonchev–Trinajstić information content (AvgIpc) is 3.03. The molecule has 0 radical (unpaired) electrons. The predicted molar refractivity (Wildman–Crippen MR) is 99.2 cm³/mol. The van der Waals surface area contributed by atoms with Crippen LogP contribution in [0.1, 0.15) is 52.9 Å². The second-order valence-corrected chi connectivity index (χ2v) is 6.95. The fourth-order valence-electron chi connectivity index (χ4n) is 3.14. The highest BCUT2D eigenvalue weighted by atomic mass is 16.5. The van der Waals surface area contributed by atoms with Gasteiger partial charge in [-0.15, -0.1) is 0 Å². The molecule has 0 aromatic heterocycles. The van der Waals surface area contributed by atoms with Crippen LogP contribution in [-0.2, 0) is 9.53 Å². The molecule has 1 rings (SSSR count). The van der Waals surface area contributed by atoms with Crippen molar-refractivity contribution in [2.24, 2.45) is 16.3 Å². The lowest BCUT2D eigenvalue weighted by Crippen LogP contribution is -2.45. The SMILES string of the molecule is CCOCCC1(CNC(=NC)NCCNC(=O)C(C)C)CCCC1. The predicted octanol–water partition coefficient (Wildman–Crippen LogP) is 1.91. The Morgan fingerprint density at radius 3 is 2.42 bits per heavy atom. The third-order valence-corrected chi connectivity index (χ3v) is 4.74. The van der Waals surface area contributed by atoms with Gasteiger partial charge in [-0.3, -0.25) is 9.79 Å². The van der Waals surface area contributed by atoms with E-state index in [0.717, 1.165) is 32.1 Å². The zero-order valence-electron chi connectivity index (χ0n) is 15.9. The zero-order valence-corrected chi connectivity index (χ0v) is 15.9. The summed E-state index contributed by atoms with van der Waals surface area (Å²) in [4.78, 5) is 15.8. The molecule has 1 aliphatic rings. The van der Waals surface area contributed by atoms with Gasteiger partial charge in [0.25, 0.3) is 0 Å². The molecule has 140 valence electrons. The van der Waals surface area contributed by atoms with Gasteiger partial charge in [0.1, 0.15) is 0 Å². The number of ether oxygens (including phenoxy) is 1. The van der Waals surface area contributed by atoms with Crippen LogP contribution < -0.4 is 16.0 Å². The van der Waals surface area contributed by atoms with Gasteiger partial charge in [0.05, 0.1) is 0 Å². The lowest BCUT2D eigenvalue weighted by Gasteiger charge is -2.30. The van der Waals surface area contributed by atoms with E-state index in [2.05, 4.69) is 20.9 Å². The molecule has 1 aliphatic carbocycles. The van der Waals surface area contributed by atoms with Crippen LogP contribution in [0, 0.1) is 11.3 Å². The van der Waals surface area contributed by atoms with Crippen LogP contribution in [-0.4, -0.2) is 51.8 Å². The van der Waals surface area contributed by atoms with Gasteiger partial charge in [-0.05, 0) is 31.6 Å². The minimum absolute atomic E-state index is 0.0232. The Balaban J connectivity index is 2.32. The summed E-state index contributed by atoms with van der Waals surface area (Å²) in [7, 11) is 1.78. The smallest absolute Gasteiger partial charge is 0.222 e. The summed E-state index contributed by atoms with van der Waals surface area (Å²) in [5, 5.41) is 9.63. The van der Waals surface area contributed by atoms with Gasteiger partial charge < -0.3 is 20.7 Å². The molecule has 6 heteroatoms. The molecular formula is C18H36N4O2. The Bertz CT molecular complexity index is 390. The van der Waals surface area contributed by atoms with Crippen LogP contribution in [0.25, 0.3) is 0 Å². The molecule has 0 spiro atoms. The summed E-state index contributed by atoms with van der Waals surface area (Å²) in [5.41, 5.74) is 0.332. The minimum Gasteiger partial charge on any atom is -0.382 e. The van der Waals surface area contributed by atoms with E-state index in [1.165, 1.54) is 25.7 Å². The maximum Gasteiger partial charge on any atom is 0.222 e. The first-order chi connectivity index (χ1) is 11.5. The van der Waals surface area contributed by atoms with Gasteiger partial charge in [-0.25, -0.2) is 0 Å². The van der Waals surface area contributed by atoms with Crippen LogP contribution in [0.5, 0.6) is 0 Å². The third kappa shape index (κ3) is 7.51. The topological polar surface area (TPSA) is 74.8 Å². The fraction of sp³-hybridized carbons (Fsp3) is 0.889. The van der Waals surface area contributed by atoms with Crippen molar-refractivity contribution in [3.63, 3.8) is 0 Å². The Morgan fingerprint density at radius 2 is 1.83 bits per heavy atom. The van der Waals surface area contributed by atoms with Crippen molar-refractivity contribution < 1.29 is 9.53 Å². The van der Waals surface area contributed by atoms with Gasteiger partial charge in [-0.2, -0.15) is 0 Å². The van der Waals surface area contributed by atoms with Gasteiger partial charge in [0.2, 0.25) is 5.91 Å². The van der Waals surface area contributed by atoms with Crippen LogP contribution in [0.15, 0.2) is 4.99 Å². The van der Waals surface area contributed by atoms with Gasteiger partial charge in [0, 0.05) is 45.8 Å². The van der Waals surface area contributed by atoms with E-state index in [1.54, 1.807) is 7.05 Å². The summed E-state index contributed by atoms with van der Waals surface area (Å²) in [6.45, 7) is 9.66. The molecule has 3 N–H and O–H groups in total. The number of carbonyl (C=O) groups is 1. The summed E-state index contributed by atoms with van der Waals surface area (Å²) in [5.74, 6) is 0.909. The van der Waals surface area contributed by atoms with E-state index >= 15 is 0 Å². The average molecular weight is 341 g/mol. The first kappa shape index (κ1) is 20.7. The molecule has 0 heterocycles. The first-order valence-electron chi connectivity index (χ1n) is 9.33. The number of hydrogen-bond donors (Lipinski definition) is 3. The monoisotopic (exact) mass is 340 g/mol. The molecule has 0 unspecified atom stereocenters. The second kappa shape index (κ2) is 11.3. The Hall–Kier alpha value is -1.30. The molecule has 0 aromatic carbocycles. The third-order valence-electron chi connectivity index (χ3n) is 4.74.